The van der Waals surface area contributed by atoms with E-state index in [0.717, 1.165) is 12.1 Å². The van der Waals surface area contributed by atoms with Gasteiger partial charge in [0.05, 0.1) is 18.6 Å². The molecular formula is C12H13ClN2. The summed E-state index contributed by atoms with van der Waals surface area (Å²) in [5.41, 5.74) is 3.60. The Bertz CT molecular complexity index is 448. The van der Waals surface area contributed by atoms with E-state index in [9.17, 15) is 0 Å². The normalized spacial score (nSPS) is 10.5. The van der Waals surface area contributed by atoms with Crippen molar-refractivity contribution >= 4 is 11.6 Å². The number of aryl methyl sites for hydroxylation is 1. The second-order valence-corrected chi connectivity index (χ2v) is 3.94. The lowest BCUT2D eigenvalue weighted by Gasteiger charge is -2.02. The van der Waals surface area contributed by atoms with Crippen LogP contribution < -0.4 is 0 Å². The zero-order valence-corrected chi connectivity index (χ0v) is 9.41. The fraction of sp³-hybridized carbons (Fsp3) is 0.250. The Morgan fingerprint density at radius 3 is 2.87 bits per heavy atom. The molecule has 0 bridgehead atoms. The molecule has 0 aliphatic carbocycles. The molecule has 0 N–H and O–H groups in total. The second kappa shape index (κ2) is 4.49. The molecule has 1 aromatic heterocycles. The van der Waals surface area contributed by atoms with Crippen molar-refractivity contribution in [2.45, 2.75) is 19.3 Å². The summed E-state index contributed by atoms with van der Waals surface area (Å²) >= 11 is 5.72. The van der Waals surface area contributed by atoms with Crippen LogP contribution in [0.1, 0.15) is 16.7 Å². The van der Waals surface area contributed by atoms with E-state index in [4.69, 9.17) is 11.6 Å². The zero-order valence-electron chi connectivity index (χ0n) is 8.65. The summed E-state index contributed by atoms with van der Waals surface area (Å²) in [5, 5.41) is 4.24. The van der Waals surface area contributed by atoms with Crippen LogP contribution in [0, 0.1) is 6.92 Å². The maximum absolute atomic E-state index is 5.72. The highest BCUT2D eigenvalue weighted by Gasteiger charge is 1.98. The lowest BCUT2D eigenvalue weighted by molar-refractivity contribution is 0.686. The molecule has 1 heterocycles. The summed E-state index contributed by atoms with van der Waals surface area (Å²) in [6, 6.07) is 8.44. The first-order chi connectivity index (χ1) is 7.28. The largest absolute Gasteiger partial charge is 0.268 e. The van der Waals surface area contributed by atoms with E-state index >= 15 is 0 Å². The predicted molar refractivity (Wildman–Crippen MR) is 62.1 cm³/mol. The summed E-state index contributed by atoms with van der Waals surface area (Å²) in [6.45, 7) is 2.90. The van der Waals surface area contributed by atoms with Crippen molar-refractivity contribution in [1.29, 1.82) is 0 Å². The quantitative estimate of drug-likeness (QED) is 0.728. The average molecular weight is 221 g/mol. The highest BCUT2D eigenvalue weighted by Crippen LogP contribution is 2.07. The van der Waals surface area contributed by atoms with E-state index in [0.29, 0.717) is 5.88 Å². The summed E-state index contributed by atoms with van der Waals surface area (Å²) in [6.07, 6.45) is 3.79. The third kappa shape index (κ3) is 2.60. The monoisotopic (exact) mass is 220 g/mol. The molecule has 0 amide bonds. The van der Waals surface area contributed by atoms with E-state index in [-0.39, 0.29) is 0 Å². The summed E-state index contributed by atoms with van der Waals surface area (Å²) < 4.78 is 1.91. The Hall–Kier alpha value is -1.28. The van der Waals surface area contributed by atoms with Gasteiger partial charge in [-0.05, 0) is 12.5 Å². The predicted octanol–water partition coefficient (Wildman–Crippen LogP) is 2.98. The Morgan fingerprint density at radius 2 is 2.20 bits per heavy atom. The number of halogens is 1. The van der Waals surface area contributed by atoms with Gasteiger partial charge in [-0.1, -0.05) is 29.8 Å². The molecule has 78 valence electrons. The first kappa shape index (κ1) is 10.2. The van der Waals surface area contributed by atoms with E-state index < -0.39 is 0 Å². The van der Waals surface area contributed by atoms with Crippen LogP contribution in [0.4, 0.5) is 0 Å². The third-order valence-corrected chi connectivity index (χ3v) is 2.58. The van der Waals surface area contributed by atoms with Gasteiger partial charge in [0.2, 0.25) is 0 Å². The van der Waals surface area contributed by atoms with Crippen molar-refractivity contribution in [3.05, 3.63) is 53.3 Å². The van der Waals surface area contributed by atoms with Crippen LogP contribution in [0.25, 0.3) is 0 Å². The van der Waals surface area contributed by atoms with Crippen molar-refractivity contribution < 1.29 is 0 Å². The van der Waals surface area contributed by atoms with Crippen LogP contribution in [0.15, 0.2) is 36.7 Å². The number of alkyl halides is 1. The molecule has 3 heteroatoms. The van der Waals surface area contributed by atoms with Gasteiger partial charge in [0.25, 0.3) is 0 Å². The topological polar surface area (TPSA) is 17.8 Å². The number of hydrogen-bond donors (Lipinski definition) is 0. The third-order valence-electron chi connectivity index (χ3n) is 2.27. The average Bonchev–Trinajstić information content (AvgIpc) is 2.65. The van der Waals surface area contributed by atoms with Crippen molar-refractivity contribution in [2.75, 3.05) is 0 Å². The van der Waals surface area contributed by atoms with Gasteiger partial charge in [0, 0.05) is 11.8 Å². The Balaban J connectivity index is 2.14. The van der Waals surface area contributed by atoms with E-state index in [2.05, 4.69) is 36.3 Å². The summed E-state index contributed by atoms with van der Waals surface area (Å²) in [5.74, 6) is 0.522. The van der Waals surface area contributed by atoms with E-state index in [1.165, 1.54) is 11.1 Å². The van der Waals surface area contributed by atoms with Gasteiger partial charge in [-0.25, -0.2) is 0 Å². The second-order valence-electron chi connectivity index (χ2n) is 3.67. The van der Waals surface area contributed by atoms with Gasteiger partial charge < -0.3 is 0 Å². The first-order valence-electron chi connectivity index (χ1n) is 4.91. The Labute approximate surface area is 94.5 Å². The maximum atomic E-state index is 5.72. The van der Waals surface area contributed by atoms with E-state index in [1.54, 1.807) is 0 Å². The minimum absolute atomic E-state index is 0.522. The van der Waals surface area contributed by atoms with Crippen LogP contribution >= 0.6 is 11.6 Å². The van der Waals surface area contributed by atoms with Crippen molar-refractivity contribution in [3.8, 4) is 0 Å². The SMILES string of the molecule is Cc1cccc(Cn2cc(CCl)cn2)c1. The minimum Gasteiger partial charge on any atom is -0.268 e. The van der Waals surface area contributed by atoms with Crippen molar-refractivity contribution in [3.63, 3.8) is 0 Å². The highest BCUT2D eigenvalue weighted by molar-refractivity contribution is 6.17. The molecule has 0 radical (unpaired) electrons. The number of aromatic nitrogens is 2. The van der Waals surface area contributed by atoms with Gasteiger partial charge in [-0.3, -0.25) is 4.68 Å². The molecule has 0 fully saturated rings. The van der Waals surface area contributed by atoms with Crippen LogP contribution in [-0.2, 0) is 12.4 Å². The smallest absolute Gasteiger partial charge is 0.0659 e. The molecule has 0 atom stereocenters. The van der Waals surface area contributed by atoms with Crippen LogP contribution in [0.2, 0.25) is 0 Å². The molecule has 2 nitrogen and oxygen atoms in total. The highest BCUT2D eigenvalue weighted by atomic mass is 35.5. The fourth-order valence-corrected chi connectivity index (χ4v) is 1.70. The number of nitrogens with zero attached hydrogens (tertiary/aromatic N) is 2. The zero-order chi connectivity index (χ0) is 10.7. The molecule has 0 unspecified atom stereocenters. The lowest BCUT2D eigenvalue weighted by atomic mass is 10.1. The molecule has 2 aromatic rings. The summed E-state index contributed by atoms with van der Waals surface area (Å²) in [7, 11) is 0. The molecule has 1 aromatic carbocycles. The fourth-order valence-electron chi connectivity index (χ4n) is 1.56. The van der Waals surface area contributed by atoms with Gasteiger partial charge in [0.15, 0.2) is 0 Å². The Kier molecular flexibility index (Phi) is 3.07. The molecule has 15 heavy (non-hydrogen) atoms. The van der Waals surface area contributed by atoms with Gasteiger partial charge in [-0.2, -0.15) is 5.10 Å². The molecule has 0 aliphatic heterocycles. The molecular weight excluding hydrogens is 208 g/mol. The maximum Gasteiger partial charge on any atom is 0.0659 e. The van der Waals surface area contributed by atoms with Crippen LogP contribution in [0.5, 0.6) is 0 Å². The summed E-state index contributed by atoms with van der Waals surface area (Å²) in [4.78, 5) is 0. The van der Waals surface area contributed by atoms with Crippen LogP contribution in [-0.4, -0.2) is 9.78 Å². The minimum atomic E-state index is 0.522. The van der Waals surface area contributed by atoms with Gasteiger partial charge in [-0.15, -0.1) is 11.6 Å². The molecule has 0 saturated carbocycles. The van der Waals surface area contributed by atoms with Gasteiger partial charge >= 0.3 is 0 Å². The first-order valence-corrected chi connectivity index (χ1v) is 5.44. The number of benzene rings is 1. The van der Waals surface area contributed by atoms with Gasteiger partial charge in [0.1, 0.15) is 0 Å². The lowest BCUT2D eigenvalue weighted by Crippen LogP contribution is -1.99. The number of hydrogen-bond acceptors (Lipinski definition) is 1. The molecule has 0 spiro atoms. The molecule has 0 saturated heterocycles. The van der Waals surface area contributed by atoms with Crippen LogP contribution in [0.3, 0.4) is 0 Å². The number of rotatable bonds is 3. The standard InChI is InChI=1S/C12H13ClN2/c1-10-3-2-4-11(5-10)8-15-9-12(6-13)7-14-15/h2-5,7,9H,6,8H2,1H3. The Morgan fingerprint density at radius 1 is 1.33 bits per heavy atom. The molecule has 0 aliphatic rings. The van der Waals surface area contributed by atoms with Crippen molar-refractivity contribution in [2.24, 2.45) is 0 Å². The molecule has 2 rings (SSSR count). The van der Waals surface area contributed by atoms with E-state index in [1.807, 2.05) is 17.1 Å². The van der Waals surface area contributed by atoms with Crippen molar-refractivity contribution in [1.82, 2.24) is 9.78 Å².